The molecule has 0 radical (unpaired) electrons. The van der Waals surface area contributed by atoms with Gasteiger partial charge >= 0.3 is 0 Å². The monoisotopic (exact) mass is 286 g/mol. The summed E-state index contributed by atoms with van der Waals surface area (Å²) in [6.45, 7) is 2.24. The highest BCUT2D eigenvalue weighted by atomic mass is 16.3. The van der Waals surface area contributed by atoms with Gasteiger partial charge in [0.1, 0.15) is 0 Å². The molecule has 3 rings (SSSR count). The summed E-state index contributed by atoms with van der Waals surface area (Å²) in [6, 6.07) is 3.97. The number of hydrogen-bond donors (Lipinski definition) is 1. The highest BCUT2D eigenvalue weighted by Gasteiger charge is 2.33. The summed E-state index contributed by atoms with van der Waals surface area (Å²) in [5.41, 5.74) is 2.27. The topological polar surface area (TPSA) is 71.2 Å². The molecule has 0 unspecified atom stereocenters. The molecule has 6 nitrogen and oxygen atoms in total. The van der Waals surface area contributed by atoms with Gasteiger partial charge in [0, 0.05) is 25.0 Å². The summed E-state index contributed by atoms with van der Waals surface area (Å²) in [4.78, 5) is 18.4. The van der Waals surface area contributed by atoms with Crippen molar-refractivity contribution in [1.29, 1.82) is 0 Å². The molecule has 1 aliphatic rings. The number of nitrogens with zero attached hydrogens (tertiary/aromatic N) is 4. The Morgan fingerprint density at radius 1 is 1.43 bits per heavy atom. The number of carbonyl (C=O) groups is 1. The third kappa shape index (κ3) is 2.67. The fourth-order valence-electron chi connectivity index (χ4n) is 2.46. The maximum Gasteiger partial charge on any atom is 0.257 e. The third-order valence-electron chi connectivity index (χ3n) is 3.74. The van der Waals surface area contributed by atoms with Crippen molar-refractivity contribution in [1.82, 2.24) is 19.7 Å². The number of aliphatic hydroxyl groups is 1. The molecule has 0 saturated heterocycles. The van der Waals surface area contributed by atoms with Crippen LogP contribution in [0.2, 0.25) is 0 Å². The van der Waals surface area contributed by atoms with Gasteiger partial charge in [-0.05, 0) is 31.9 Å². The van der Waals surface area contributed by atoms with E-state index in [-0.39, 0.29) is 18.6 Å². The van der Waals surface area contributed by atoms with E-state index in [4.69, 9.17) is 5.11 Å². The minimum atomic E-state index is -0.0515. The molecule has 1 N–H and O–H groups in total. The van der Waals surface area contributed by atoms with Crippen molar-refractivity contribution in [3.8, 4) is 5.69 Å². The average Bonchev–Trinajstić information content (AvgIpc) is 3.27. The highest BCUT2D eigenvalue weighted by Crippen LogP contribution is 2.28. The van der Waals surface area contributed by atoms with E-state index in [1.807, 2.05) is 19.1 Å². The van der Waals surface area contributed by atoms with Gasteiger partial charge in [0.05, 0.1) is 29.7 Å². The first-order valence-electron chi connectivity index (χ1n) is 7.09. The standard InChI is InChI=1S/C15H18N4O2/c1-11-14(15(21)18(8-9-20)12-2-3-12)10-17-19(11)13-4-6-16-7-5-13/h4-7,10,12,20H,2-3,8-9H2,1H3. The molecule has 2 heterocycles. The molecule has 6 heteroatoms. The Kier molecular flexibility index (Phi) is 3.70. The van der Waals surface area contributed by atoms with E-state index in [9.17, 15) is 4.79 Å². The van der Waals surface area contributed by atoms with E-state index in [1.165, 1.54) is 0 Å². The second kappa shape index (κ2) is 5.65. The molecule has 0 atom stereocenters. The van der Waals surface area contributed by atoms with Gasteiger partial charge < -0.3 is 10.0 Å². The summed E-state index contributed by atoms with van der Waals surface area (Å²) in [5.74, 6) is -0.0515. The van der Waals surface area contributed by atoms with Gasteiger partial charge in [-0.1, -0.05) is 0 Å². The van der Waals surface area contributed by atoms with Crippen LogP contribution in [-0.2, 0) is 0 Å². The number of amides is 1. The van der Waals surface area contributed by atoms with Gasteiger partial charge in [-0.2, -0.15) is 5.10 Å². The number of carbonyl (C=O) groups excluding carboxylic acids is 1. The lowest BCUT2D eigenvalue weighted by molar-refractivity contribution is 0.0707. The van der Waals surface area contributed by atoms with Gasteiger partial charge in [0.25, 0.3) is 5.91 Å². The summed E-state index contributed by atoms with van der Waals surface area (Å²) < 4.78 is 1.74. The number of pyridine rings is 1. The van der Waals surface area contributed by atoms with Gasteiger partial charge in [-0.3, -0.25) is 9.78 Å². The first-order valence-corrected chi connectivity index (χ1v) is 7.09. The number of aliphatic hydroxyl groups excluding tert-OH is 1. The molecule has 0 bridgehead atoms. The van der Waals surface area contributed by atoms with Crippen molar-refractivity contribution in [2.24, 2.45) is 0 Å². The molecule has 110 valence electrons. The van der Waals surface area contributed by atoms with Crippen molar-refractivity contribution < 1.29 is 9.90 Å². The molecule has 1 saturated carbocycles. The van der Waals surface area contributed by atoms with Crippen molar-refractivity contribution >= 4 is 5.91 Å². The lowest BCUT2D eigenvalue weighted by Crippen LogP contribution is -2.35. The fraction of sp³-hybridized carbons (Fsp3) is 0.400. The van der Waals surface area contributed by atoms with Crippen molar-refractivity contribution in [2.45, 2.75) is 25.8 Å². The van der Waals surface area contributed by atoms with Crippen LogP contribution in [-0.4, -0.2) is 49.9 Å². The molecule has 2 aromatic heterocycles. The van der Waals surface area contributed by atoms with E-state index in [0.717, 1.165) is 24.2 Å². The van der Waals surface area contributed by atoms with Crippen molar-refractivity contribution in [2.75, 3.05) is 13.2 Å². The van der Waals surface area contributed by atoms with Crippen LogP contribution in [0.5, 0.6) is 0 Å². The molecule has 2 aromatic rings. The Balaban J connectivity index is 1.89. The molecule has 0 aromatic carbocycles. The smallest absolute Gasteiger partial charge is 0.257 e. The average molecular weight is 286 g/mol. The Labute approximate surface area is 123 Å². The number of rotatable bonds is 5. The van der Waals surface area contributed by atoms with Gasteiger partial charge in [-0.15, -0.1) is 0 Å². The predicted molar refractivity (Wildman–Crippen MR) is 77.2 cm³/mol. The number of hydrogen-bond acceptors (Lipinski definition) is 4. The summed E-state index contributed by atoms with van der Waals surface area (Å²) in [5, 5.41) is 13.4. The SMILES string of the molecule is Cc1c(C(=O)N(CCO)C2CC2)cnn1-c1ccncc1. The van der Waals surface area contributed by atoms with E-state index in [0.29, 0.717) is 12.1 Å². The van der Waals surface area contributed by atoms with Gasteiger partial charge in [0.15, 0.2) is 0 Å². The second-order valence-corrected chi connectivity index (χ2v) is 5.21. The molecule has 21 heavy (non-hydrogen) atoms. The fourth-order valence-corrected chi connectivity index (χ4v) is 2.46. The van der Waals surface area contributed by atoms with Crippen LogP contribution < -0.4 is 0 Å². The minimum absolute atomic E-state index is 0.0141. The summed E-state index contributed by atoms with van der Waals surface area (Å²) >= 11 is 0. The molecule has 0 aliphatic heterocycles. The second-order valence-electron chi connectivity index (χ2n) is 5.21. The highest BCUT2D eigenvalue weighted by molar-refractivity contribution is 5.95. The zero-order chi connectivity index (χ0) is 14.8. The summed E-state index contributed by atoms with van der Waals surface area (Å²) in [7, 11) is 0. The largest absolute Gasteiger partial charge is 0.395 e. The van der Waals surface area contributed by atoms with Crippen LogP contribution in [0.25, 0.3) is 5.69 Å². The van der Waals surface area contributed by atoms with Crippen LogP contribution in [0, 0.1) is 6.92 Å². The molecule has 0 spiro atoms. The lowest BCUT2D eigenvalue weighted by Gasteiger charge is -2.21. The van der Waals surface area contributed by atoms with E-state index >= 15 is 0 Å². The van der Waals surface area contributed by atoms with Crippen LogP contribution in [0.15, 0.2) is 30.7 Å². The molecule has 1 aliphatic carbocycles. The maximum absolute atomic E-state index is 12.6. The quantitative estimate of drug-likeness (QED) is 0.895. The summed E-state index contributed by atoms with van der Waals surface area (Å²) in [6.07, 6.45) is 7.03. The molecular formula is C15H18N4O2. The minimum Gasteiger partial charge on any atom is -0.395 e. The van der Waals surface area contributed by atoms with Crippen molar-refractivity contribution in [3.63, 3.8) is 0 Å². The van der Waals surface area contributed by atoms with Crippen LogP contribution >= 0.6 is 0 Å². The number of aromatic nitrogens is 3. The maximum atomic E-state index is 12.6. The Bertz CT molecular complexity index is 634. The van der Waals surface area contributed by atoms with Crippen LogP contribution in [0.4, 0.5) is 0 Å². The zero-order valence-corrected chi connectivity index (χ0v) is 11.9. The van der Waals surface area contributed by atoms with Crippen molar-refractivity contribution in [3.05, 3.63) is 42.0 Å². The van der Waals surface area contributed by atoms with Gasteiger partial charge in [0.2, 0.25) is 0 Å². The normalized spacial score (nSPS) is 14.2. The van der Waals surface area contributed by atoms with E-state index in [2.05, 4.69) is 10.1 Å². The van der Waals surface area contributed by atoms with E-state index < -0.39 is 0 Å². The predicted octanol–water partition coefficient (Wildman–Crippen LogP) is 1.17. The van der Waals surface area contributed by atoms with Crippen LogP contribution in [0.3, 0.4) is 0 Å². The van der Waals surface area contributed by atoms with Crippen LogP contribution in [0.1, 0.15) is 28.9 Å². The molecule has 1 amide bonds. The first-order chi connectivity index (χ1) is 10.2. The molecule has 1 fully saturated rings. The third-order valence-corrected chi connectivity index (χ3v) is 3.74. The Hall–Kier alpha value is -2.21. The lowest BCUT2D eigenvalue weighted by atomic mass is 10.2. The van der Waals surface area contributed by atoms with E-state index in [1.54, 1.807) is 28.2 Å². The molecular weight excluding hydrogens is 268 g/mol. The van der Waals surface area contributed by atoms with Gasteiger partial charge in [-0.25, -0.2) is 4.68 Å². The zero-order valence-electron chi connectivity index (χ0n) is 11.9. The Morgan fingerprint density at radius 2 is 2.14 bits per heavy atom. The first kappa shape index (κ1) is 13.8. The Morgan fingerprint density at radius 3 is 2.76 bits per heavy atom.